The second-order valence-corrected chi connectivity index (χ2v) is 8.67. The van der Waals surface area contributed by atoms with Crippen LogP contribution in [0.25, 0.3) is 11.3 Å². The summed E-state index contributed by atoms with van der Waals surface area (Å²) in [6.07, 6.45) is 11.5. The average Bonchev–Trinajstić information content (AvgIpc) is 3.34. The van der Waals surface area contributed by atoms with E-state index in [4.69, 9.17) is 16.4 Å². The van der Waals surface area contributed by atoms with Crippen molar-refractivity contribution in [1.82, 2.24) is 9.88 Å². The number of hydrogen-bond donors (Lipinski definition) is 1. The minimum atomic E-state index is 0.434. The van der Waals surface area contributed by atoms with Gasteiger partial charge in [0.15, 0.2) is 0 Å². The number of hydrogen-bond acceptors (Lipinski definition) is 3. The lowest BCUT2D eigenvalue weighted by Gasteiger charge is -2.34. The van der Waals surface area contributed by atoms with Gasteiger partial charge in [-0.2, -0.15) is 0 Å². The molecule has 0 aliphatic carbocycles. The van der Waals surface area contributed by atoms with E-state index in [-0.39, 0.29) is 0 Å². The van der Waals surface area contributed by atoms with Crippen LogP contribution in [0.2, 0.25) is 0 Å². The molecule has 0 amide bonds. The van der Waals surface area contributed by atoms with Crippen molar-refractivity contribution in [3.63, 3.8) is 0 Å². The number of terminal acetylenes is 1. The van der Waals surface area contributed by atoms with Crippen LogP contribution in [0.4, 0.5) is 5.82 Å². The van der Waals surface area contributed by atoms with Gasteiger partial charge in [0.1, 0.15) is 11.7 Å². The number of aromatic nitrogens is 1. The summed E-state index contributed by atoms with van der Waals surface area (Å²) in [6, 6.07) is 9.54. The van der Waals surface area contributed by atoms with Crippen LogP contribution in [0.5, 0.6) is 0 Å². The van der Waals surface area contributed by atoms with Crippen molar-refractivity contribution in [1.29, 1.82) is 0 Å². The number of aliphatic imine (C=N–C) groups is 1. The summed E-state index contributed by atoms with van der Waals surface area (Å²) >= 11 is 0. The minimum absolute atomic E-state index is 0.434. The first kappa shape index (κ1) is 18.4. The molecule has 2 saturated heterocycles. The molecular formula is C25H28N4. The number of anilines is 1. The van der Waals surface area contributed by atoms with Gasteiger partial charge in [-0.25, -0.2) is 4.98 Å². The van der Waals surface area contributed by atoms with E-state index in [1.54, 1.807) is 0 Å². The van der Waals surface area contributed by atoms with E-state index in [0.717, 1.165) is 29.3 Å². The molecule has 4 heterocycles. The van der Waals surface area contributed by atoms with Crippen LogP contribution in [0.15, 0.2) is 29.3 Å². The van der Waals surface area contributed by atoms with Gasteiger partial charge in [-0.1, -0.05) is 12.0 Å². The first-order valence-corrected chi connectivity index (χ1v) is 10.8. The highest BCUT2D eigenvalue weighted by Crippen LogP contribution is 2.33. The molecule has 2 fully saturated rings. The fourth-order valence-corrected chi connectivity index (χ4v) is 5.38. The molecule has 2 unspecified atom stereocenters. The summed E-state index contributed by atoms with van der Waals surface area (Å²) in [5, 5.41) is 3.52. The average molecular weight is 385 g/mol. The van der Waals surface area contributed by atoms with E-state index in [0.29, 0.717) is 12.1 Å². The van der Waals surface area contributed by atoms with Gasteiger partial charge in [-0.05, 0) is 81.9 Å². The molecule has 3 aliphatic rings. The number of benzene rings is 1. The highest BCUT2D eigenvalue weighted by atomic mass is 15.2. The Morgan fingerprint density at radius 3 is 2.66 bits per heavy atom. The molecule has 29 heavy (non-hydrogen) atoms. The summed E-state index contributed by atoms with van der Waals surface area (Å²) in [4.78, 5) is 12.8. The molecule has 1 aromatic carbocycles. The van der Waals surface area contributed by atoms with Gasteiger partial charge in [-0.3, -0.25) is 9.89 Å². The van der Waals surface area contributed by atoms with Gasteiger partial charge in [-0.15, -0.1) is 6.42 Å². The van der Waals surface area contributed by atoms with Crippen LogP contribution < -0.4 is 5.32 Å². The number of amidine groups is 1. The Morgan fingerprint density at radius 2 is 1.90 bits per heavy atom. The van der Waals surface area contributed by atoms with Crippen LogP contribution in [0, 0.1) is 26.2 Å². The van der Waals surface area contributed by atoms with Crippen LogP contribution >= 0.6 is 0 Å². The molecule has 1 aromatic heterocycles. The monoisotopic (exact) mass is 384 g/mol. The number of piperidine rings is 1. The first-order valence-electron chi connectivity index (χ1n) is 10.8. The first-order chi connectivity index (χ1) is 14.1. The summed E-state index contributed by atoms with van der Waals surface area (Å²) in [5.74, 6) is 4.78. The predicted molar refractivity (Wildman–Crippen MR) is 119 cm³/mol. The van der Waals surface area contributed by atoms with Crippen molar-refractivity contribution < 1.29 is 0 Å². The smallest absolute Gasteiger partial charge is 0.135 e. The summed E-state index contributed by atoms with van der Waals surface area (Å²) in [5.41, 5.74) is 6.67. The van der Waals surface area contributed by atoms with Crippen molar-refractivity contribution in [2.24, 2.45) is 4.99 Å². The van der Waals surface area contributed by atoms with Gasteiger partial charge in [0.25, 0.3) is 0 Å². The van der Waals surface area contributed by atoms with Gasteiger partial charge in [0.05, 0.1) is 11.7 Å². The van der Waals surface area contributed by atoms with Crippen molar-refractivity contribution in [2.75, 3.05) is 18.4 Å². The number of nitrogens with one attached hydrogen (secondary N) is 1. The second kappa shape index (κ2) is 7.31. The number of fused-ring (bicyclic) bond motifs is 2. The van der Waals surface area contributed by atoms with Crippen molar-refractivity contribution in [3.05, 3.63) is 46.5 Å². The standard InChI is InChI=1S/C25H28N4/c1-4-18-13-16(2)24(17(3)14-18)21-10-9-19-15-23(28-25(19)27-21)26-20-7-5-11-29-12-6-8-22(20)29/h1,9-10,13-14,20,22H,5-8,11-12,15H2,2-3H3,(H,26,27,28). The summed E-state index contributed by atoms with van der Waals surface area (Å²) in [6.45, 7) is 6.72. The molecule has 0 bridgehead atoms. The lowest BCUT2D eigenvalue weighted by atomic mass is 9.96. The number of pyridine rings is 1. The van der Waals surface area contributed by atoms with Crippen LogP contribution in [-0.4, -0.2) is 40.9 Å². The topological polar surface area (TPSA) is 40.5 Å². The fraction of sp³-hybridized carbons (Fsp3) is 0.440. The molecule has 5 rings (SSSR count). The van der Waals surface area contributed by atoms with Crippen LogP contribution in [-0.2, 0) is 6.42 Å². The fourth-order valence-electron chi connectivity index (χ4n) is 5.38. The molecule has 2 aromatic rings. The molecule has 0 spiro atoms. The third kappa shape index (κ3) is 3.34. The van der Waals surface area contributed by atoms with E-state index in [2.05, 4.69) is 54.3 Å². The lowest BCUT2D eigenvalue weighted by molar-refractivity contribution is 0.175. The Labute approximate surface area is 173 Å². The van der Waals surface area contributed by atoms with Gasteiger partial charge in [0, 0.05) is 29.2 Å². The van der Waals surface area contributed by atoms with Crippen LogP contribution in [0.3, 0.4) is 0 Å². The molecule has 4 nitrogen and oxygen atoms in total. The quantitative estimate of drug-likeness (QED) is 0.783. The van der Waals surface area contributed by atoms with Crippen molar-refractivity contribution >= 4 is 11.7 Å². The number of nitrogens with zero attached hydrogens (tertiary/aromatic N) is 3. The molecule has 3 aliphatic heterocycles. The lowest BCUT2D eigenvalue weighted by Crippen LogP contribution is -2.43. The zero-order valence-corrected chi connectivity index (χ0v) is 17.3. The van der Waals surface area contributed by atoms with E-state index in [1.807, 2.05) is 0 Å². The number of aryl methyl sites for hydroxylation is 2. The number of rotatable bonds is 2. The maximum Gasteiger partial charge on any atom is 0.135 e. The summed E-state index contributed by atoms with van der Waals surface area (Å²) < 4.78 is 0. The maximum atomic E-state index is 5.58. The van der Waals surface area contributed by atoms with Gasteiger partial charge < -0.3 is 5.32 Å². The summed E-state index contributed by atoms with van der Waals surface area (Å²) in [7, 11) is 0. The van der Waals surface area contributed by atoms with E-state index >= 15 is 0 Å². The zero-order valence-electron chi connectivity index (χ0n) is 17.3. The molecule has 2 atom stereocenters. The Morgan fingerprint density at radius 1 is 1.14 bits per heavy atom. The predicted octanol–water partition coefficient (Wildman–Crippen LogP) is 4.34. The molecular weight excluding hydrogens is 356 g/mol. The zero-order chi connectivity index (χ0) is 20.0. The van der Waals surface area contributed by atoms with E-state index < -0.39 is 0 Å². The third-order valence-electron chi connectivity index (χ3n) is 6.68. The normalized spacial score (nSPS) is 24.8. The Kier molecular flexibility index (Phi) is 4.64. The van der Waals surface area contributed by atoms with Gasteiger partial charge in [0.2, 0.25) is 0 Å². The van der Waals surface area contributed by atoms with E-state index in [1.165, 1.54) is 61.0 Å². The Bertz CT molecular complexity index is 1010. The molecule has 0 radical (unpaired) electrons. The molecule has 4 heteroatoms. The Hall–Kier alpha value is -2.64. The van der Waals surface area contributed by atoms with Gasteiger partial charge >= 0.3 is 0 Å². The highest BCUT2D eigenvalue weighted by molar-refractivity contribution is 6.02. The van der Waals surface area contributed by atoms with E-state index in [9.17, 15) is 0 Å². The van der Waals surface area contributed by atoms with Crippen LogP contribution in [0.1, 0.15) is 47.9 Å². The minimum Gasteiger partial charge on any atom is -0.328 e. The third-order valence-corrected chi connectivity index (χ3v) is 6.68. The largest absolute Gasteiger partial charge is 0.328 e. The second-order valence-electron chi connectivity index (χ2n) is 8.67. The molecule has 1 N–H and O–H groups in total. The van der Waals surface area contributed by atoms with Crippen molar-refractivity contribution in [2.45, 2.75) is 58.0 Å². The van der Waals surface area contributed by atoms with Crippen molar-refractivity contribution in [3.8, 4) is 23.6 Å². The molecule has 0 saturated carbocycles. The molecule has 148 valence electrons. The Balaban J connectivity index is 1.41. The highest BCUT2D eigenvalue weighted by Gasteiger charge is 2.35. The SMILES string of the molecule is C#Cc1cc(C)c(-c2ccc3c(n2)NC(=NC2CCCN4CCCC24)C3)c(C)c1. The maximum absolute atomic E-state index is 5.58.